The zero-order valence-corrected chi connectivity index (χ0v) is 11.4. The fraction of sp³-hybridized carbons (Fsp3) is 0.0714. The second kappa shape index (κ2) is 5.93. The quantitative estimate of drug-likeness (QED) is 0.916. The third-order valence-corrected chi connectivity index (χ3v) is 3.33. The molecule has 0 bridgehead atoms. The SMILES string of the molecule is O=C(NCc1cc(F)ccc1Br)c1ccc(F)cc1. The molecular formula is C14H10BrF2NO. The van der Waals surface area contributed by atoms with Gasteiger partial charge in [0.2, 0.25) is 0 Å². The van der Waals surface area contributed by atoms with Gasteiger partial charge in [-0.15, -0.1) is 0 Å². The summed E-state index contributed by atoms with van der Waals surface area (Å²) < 4.78 is 26.5. The molecule has 0 aliphatic carbocycles. The van der Waals surface area contributed by atoms with Gasteiger partial charge in [0.25, 0.3) is 5.91 Å². The lowest BCUT2D eigenvalue weighted by Crippen LogP contribution is -2.23. The molecule has 0 unspecified atom stereocenters. The van der Waals surface area contributed by atoms with E-state index in [9.17, 15) is 13.6 Å². The third kappa shape index (κ3) is 3.61. The van der Waals surface area contributed by atoms with Crippen molar-refractivity contribution < 1.29 is 13.6 Å². The fourth-order valence-electron chi connectivity index (χ4n) is 1.56. The monoisotopic (exact) mass is 325 g/mol. The predicted molar refractivity (Wildman–Crippen MR) is 71.7 cm³/mol. The maximum atomic E-state index is 13.1. The minimum Gasteiger partial charge on any atom is -0.348 e. The molecule has 0 aliphatic rings. The van der Waals surface area contributed by atoms with E-state index in [0.717, 1.165) is 0 Å². The molecule has 1 N–H and O–H groups in total. The first kappa shape index (κ1) is 13.7. The minimum absolute atomic E-state index is 0.189. The highest BCUT2D eigenvalue weighted by Gasteiger charge is 2.07. The fourth-order valence-corrected chi connectivity index (χ4v) is 1.94. The highest BCUT2D eigenvalue weighted by atomic mass is 79.9. The Labute approximate surface area is 117 Å². The van der Waals surface area contributed by atoms with Crippen LogP contribution in [0.5, 0.6) is 0 Å². The van der Waals surface area contributed by atoms with Crippen molar-refractivity contribution in [1.82, 2.24) is 5.32 Å². The van der Waals surface area contributed by atoms with Crippen LogP contribution >= 0.6 is 15.9 Å². The van der Waals surface area contributed by atoms with Crippen LogP contribution in [0.3, 0.4) is 0 Å². The van der Waals surface area contributed by atoms with Crippen LogP contribution in [0.4, 0.5) is 8.78 Å². The topological polar surface area (TPSA) is 29.1 Å². The number of halogens is 3. The maximum absolute atomic E-state index is 13.1. The van der Waals surface area contributed by atoms with Gasteiger partial charge in [0.05, 0.1) is 0 Å². The van der Waals surface area contributed by atoms with Crippen molar-refractivity contribution in [3.63, 3.8) is 0 Å². The van der Waals surface area contributed by atoms with E-state index in [1.54, 1.807) is 6.07 Å². The van der Waals surface area contributed by atoms with Gasteiger partial charge < -0.3 is 5.32 Å². The number of hydrogen-bond donors (Lipinski definition) is 1. The number of benzene rings is 2. The molecule has 2 aromatic carbocycles. The van der Waals surface area contributed by atoms with E-state index in [1.165, 1.54) is 36.4 Å². The summed E-state index contributed by atoms with van der Waals surface area (Å²) in [5.74, 6) is -1.10. The first-order chi connectivity index (χ1) is 9.06. The van der Waals surface area contributed by atoms with Gasteiger partial charge in [0, 0.05) is 16.6 Å². The highest BCUT2D eigenvalue weighted by Crippen LogP contribution is 2.17. The van der Waals surface area contributed by atoms with Crippen molar-refractivity contribution in [1.29, 1.82) is 0 Å². The Hall–Kier alpha value is -1.75. The van der Waals surface area contributed by atoms with Gasteiger partial charge >= 0.3 is 0 Å². The Kier molecular flexibility index (Phi) is 4.27. The summed E-state index contributed by atoms with van der Waals surface area (Å²) in [6, 6.07) is 9.47. The molecule has 0 heterocycles. The predicted octanol–water partition coefficient (Wildman–Crippen LogP) is 3.66. The second-order valence-electron chi connectivity index (χ2n) is 3.93. The Bertz CT molecular complexity index is 599. The largest absolute Gasteiger partial charge is 0.348 e. The van der Waals surface area contributed by atoms with Crippen LogP contribution in [-0.2, 0) is 6.54 Å². The van der Waals surface area contributed by atoms with Crippen LogP contribution in [0, 0.1) is 11.6 Å². The summed E-state index contributed by atoms with van der Waals surface area (Å²) in [7, 11) is 0. The van der Waals surface area contributed by atoms with Gasteiger partial charge in [0.15, 0.2) is 0 Å². The van der Waals surface area contributed by atoms with Gasteiger partial charge in [-0.05, 0) is 48.0 Å². The Morgan fingerprint density at radius 1 is 1.05 bits per heavy atom. The number of amides is 1. The van der Waals surface area contributed by atoms with Crippen molar-refractivity contribution >= 4 is 21.8 Å². The summed E-state index contributed by atoms with van der Waals surface area (Å²) >= 11 is 3.28. The Morgan fingerprint density at radius 2 is 1.68 bits per heavy atom. The van der Waals surface area contributed by atoms with E-state index in [4.69, 9.17) is 0 Å². The van der Waals surface area contributed by atoms with Crippen LogP contribution in [0.2, 0.25) is 0 Å². The molecule has 2 nitrogen and oxygen atoms in total. The first-order valence-electron chi connectivity index (χ1n) is 5.54. The molecular weight excluding hydrogens is 316 g/mol. The van der Waals surface area contributed by atoms with Crippen LogP contribution in [0.1, 0.15) is 15.9 Å². The maximum Gasteiger partial charge on any atom is 0.251 e. The lowest BCUT2D eigenvalue weighted by Gasteiger charge is -2.07. The Morgan fingerprint density at radius 3 is 2.37 bits per heavy atom. The smallest absolute Gasteiger partial charge is 0.251 e. The molecule has 0 saturated heterocycles. The minimum atomic E-state index is -0.399. The normalized spacial score (nSPS) is 10.3. The van der Waals surface area contributed by atoms with Gasteiger partial charge in [-0.2, -0.15) is 0 Å². The molecule has 0 aromatic heterocycles. The number of nitrogens with one attached hydrogen (secondary N) is 1. The van der Waals surface area contributed by atoms with Crippen LogP contribution in [0.25, 0.3) is 0 Å². The van der Waals surface area contributed by atoms with Crippen molar-refractivity contribution in [2.75, 3.05) is 0 Å². The van der Waals surface area contributed by atoms with Crippen LogP contribution in [0.15, 0.2) is 46.9 Å². The first-order valence-corrected chi connectivity index (χ1v) is 6.33. The number of carbonyl (C=O) groups excluding carboxylic acids is 1. The molecule has 2 aromatic rings. The molecule has 5 heteroatoms. The molecule has 0 fully saturated rings. The van der Waals surface area contributed by atoms with E-state index in [-0.39, 0.29) is 18.3 Å². The highest BCUT2D eigenvalue weighted by molar-refractivity contribution is 9.10. The molecule has 1 amide bonds. The van der Waals surface area contributed by atoms with E-state index in [1.807, 2.05) is 0 Å². The van der Waals surface area contributed by atoms with Gasteiger partial charge in [-0.25, -0.2) is 8.78 Å². The number of rotatable bonds is 3. The van der Waals surface area contributed by atoms with Gasteiger partial charge in [-0.3, -0.25) is 4.79 Å². The van der Waals surface area contributed by atoms with Crippen molar-refractivity contribution in [3.05, 3.63) is 69.7 Å². The molecule has 2 rings (SSSR count). The van der Waals surface area contributed by atoms with E-state index in [2.05, 4.69) is 21.2 Å². The van der Waals surface area contributed by atoms with Gasteiger partial charge in [0.1, 0.15) is 11.6 Å². The summed E-state index contributed by atoms with van der Waals surface area (Å²) in [5, 5.41) is 2.64. The van der Waals surface area contributed by atoms with Gasteiger partial charge in [-0.1, -0.05) is 15.9 Å². The third-order valence-electron chi connectivity index (χ3n) is 2.55. The average Bonchev–Trinajstić information content (AvgIpc) is 2.40. The molecule has 19 heavy (non-hydrogen) atoms. The summed E-state index contributed by atoms with van der Waals surface area (Å²) in [6.45, 7) is 0.189. The second-order valence-corrected chi connectivity index (χ2v) is 4.78. The summed E-state index contributed by atoms with van der Waals surface area (Å²) in [6.07, 6.45) is 0. The molecule has 0 spiro atoms. The number of carbonyl (C=O) groups is 1. The summed E-state index contributed by atoms with van der Waals surface area (Å²) in [4.78, 5) is 11.8. The lowest BCUT2D eigenvalue weighted by molar-refractivity contribution is 0.0950. The number of hydrogen-bond acceptors (Lipinski definition) is 1. The average molecular weight is 326 g/mol. The van der Waals surface area contributed by atoms with Crippen molar-refractivity contribution in [2.24, 2.45) is 0 Å². The molecule has 98 valence electrons. The molecule has 0 aliphatic heterocycles. The van der Waals surface area contributed by atoms with E-state index >= 15 is 0 Å². The zero-order valence-electron chi connectivity index (χ0n) is 9.79. The van der Waals surface area contributed by atoms with Crippen LogP contribution < -0.4 is 5.32 Å². The molecule has 0 radical (unpaired) electrons. The Balaban J connectivity index is 2.04. The van der Waals surface area contributed by atoms with Crippen molar-refractivity contribution in [3.8, 4) is 0 Å². The van der Waals surface area contributed by atoms with E-state index in [0.29, 0.717) is 15.6 Å². The van der Waals surface area contributed by atoms with Crippen LogP contribution in [-0.4, -0.2) is 5.91 Å². The lowest BCUT2D eigenvalue weighted by atomic mass is 10.2. The summed E-state index contributed by atoms with van der Waals surface area (Å²) in [5.41, 5.74) is 0.990. The zero-order chi connectivity index (χ0) is 13.8. The molecule has 0 saturated carbocycles. The van der Waals surface area contributed by atoms with Crippen molar-refractivity contribution in [2.45, 2.75) is 6.54 Å². The molecule has 0 atom stereocenters. The standard InChI is InChI=1S/C14H10BrF2NO/c15-13-6-5-12(17)7-10(13)8-18-14(19)9-1-3-11(16)4-2-9/h1-7H,8H2,(H,18,19). The van der Waals surface area contributed by atoms with E-state index < -0.39 is 5.82 Å².